The molecular formula is C16H13N3OS. The number of fused-ring (bicyclic) bond motifs is 3. The third-order valence-electron chi connectivity index (χ3n) is 3.54. The van der Waals surface area contributed by atoms with Gasteiger partial charge in [0.1, 0.15) is 5.25 Å². The van der Waals surface area contributed by atoms with Gasteiger partial charge >= 0.3 is 0 Å². The second-order valence-electron chi connectivity index (χ2n) is 4.91. The highest BCUT2D eigenvalue weighted by Gasteiger charge is 2.33. The summed E-state index contributed by atoms with van der Waals surface area (Å²) in [5.74, 6) is 0.104. The normalized spacial score (nSPS) is 17.1. The van der Waals surface area contributed by atoms with Crippen molar-refractivity contribution in [3.8, 4) is 0 Å². The SMILES string of the molecule is O=C1C(CNc2ccccc2)Sc2nc3ccccc3n21. The van der Waals surface area contributed by atoms with E-state index in [4.69, 9.17) is 0 Å². The van der Waals surface area contributed by atoms with Crippen LogP contribution in [0.3, 0.4) is 0 Å². The predicted molar refractivity (Wildman–Crippen MR) is 84.9 cm³/mol. The van der Waals surface area contributed by atoms with Gasteiger partial charge in [0.25, 0.3) is 0 Å². The first-order chi connectivity index (χ1) is 10.3. The van der Waals surface area contributed by atoms with Crippen LogP contribution in [0.15, 0.2) is 59.8 Å². The van der Waals surface area contributed by atoms with E-state index in [1.54, 1.807) is 4.57 Å². The Balaban J connectivity index is 1.56. The summed E-state index contributed by atoms with van der Waals surface area (Å²) in [6.45, 7) is 0.602. The van der Waals surface area contributed by atoms with Gasteiger partial charge in [-0.05, 0) is 24.3 Å². The van der Waals surface area contributed by atoms with Gasteiger partial charge in [-0.15, -0.1) is 0 Å². The molecule has 4 rings (SSSR count). The molecule has 1 aliphatic rings. The average Bonchev–Trinajstić information content (AvgIpc) is 3.03. The predicted octanol–water partition coefficient (Wildman–Crippen LogP) is 3.26. The van der Waals surface area contributed by atoms with Crippen molar-refractivity contribution in [1.29, 1.82) is 0 Å². The molecule has 3 aromatic rings. The highest BCUT2D eigenvalue weighted by Crippen LogP contribution is 2.34. The number of carbonyl (C=O) groups excluding carboxylic acids is 1. The van der Waals surface area contributed by atoms with Crippen molar-refractivity contribution in [2.45, 2.75) is 10.4 Å². The molecule has 0 amide bonds. The minimum absolute atomic E-state index is 0.104. The molecule has 21 heavy (non-hydrogen) atoms. The number of rotatable bonds is 3. The number of benzene rings is 2. The molecule has 1 aliphatic heterocycles. The number of para-hydroxylation sites is 3. The highest BCUT2D eigenvalue weighted by molar-refractivity contribution is 8.01. The maximum atomic E-state index is 12.6. The average molecular weight is 295 g/mol. The van der Waals surface area contributed by atoms with Gasteiger partial charge in [0.05, 0.1) is 11.0 Å². The van der Waals surface area contributed by atoms with Crippen LogP contribution in [0.2, 0.25) is 0 Å². The number of aromatic nitrogens is 2. The molecule has 0 bridgehead atoms. The lowest BCUT2D eigenvalue weighted by Crippen LogP contribution is -2.25. The number of carbonyl (C=O) groups is 1. The Kier molecular flexibility index (Phi) is 2.93. The summed E-state index contributed by atoms with van der Waals surface area (Å²) in [7, 11) is 0. The Hall–Kier alpha value is -2.27. The molecule has 1 N–H and O–H groups in total. The van der Waals surface area contributed by atoms with E-state index >= 15 is 0 Å². The third-order valence-corrected chi connectivity index (χ3v) is 4.68. The quantitative estimate of drug-likeness (QED) is 0.805. The molecule has 1 atom stereocenters. The molecule has 0 fully saturated rings. The minimum atomic E-state index is -0.127. The zero-order valence-electron chi connectivity index (χ0n) is 11.2. The Morgan fingerprint density at radius 2 is 1.86 bits per heavy atom. The van der Waals surface area contributed by atoms with Gasteiger partial charge in [0.2, 0.25) is 5.91 Å². The number of imidazole rings is 1. The summed E-state index contributed by atoms with van der Waals surface area (Å²) >= 11 is 1.53. The first kappa shape index (κ1) is 12.5. The van der Waals surface area contributed by atoms with E-state index in [1.165, 1.54) is 11.8 Å². The molecule has 4 nitrogen and oxygen atoms in total. The molecule has 0 spiro atoms. The second kappa shape index (κ2) is 4.93. The van der Waals surface area contributed by atoms with Gasteiger partial charge < -0.3 is 5.32 Å². The lowest BCUT2D eigenvalue weighted by Gasteiger charge is -2.10. The van der Waals surface area contributed by atoms with Crippen molar-refractivity contribution in [2.75, 3.05) is 11.9 Å². The van der Waals surface area contributed by atoms with E-state index in [1.807, 2.05) is 54.6 Å². The van der Waals surface area contributed by atoms with Crippen molar-refractivity contribution in [3.05, 3.63) is 54.6 Å². The summed E-state index contributed by atoms with van der Waals surface area (Å²) in [6.07, 6.45) is 0. The van der Waals surface area contributed by atoms with Gasteiger partial charge in [-0.25, -0.2) is 4.98 Å². The maximum absolute atomic E-state index is 12.6. The Labute approximate surface area is 126 Å². The standard InChI is InChI=1S/C16H13N3OS/c20-15-14(10-17-11-6-2-1-3-7-11)21-16-18-12-8-4-5-9-13(12)19(15)16/h1-9,14,17H,10H2. The van der Waals surface area contributed by atoms with E-state index in [-0.39, 0.29) is 11.2 Å². The molecule has 0 aliphatic carbocycles. The summed E-state index contributed by atoms with van der Waals surface area (Å²) in [4.78, 5) is 17.1. The second-order valence-corrected chi connectivity index (χ2v) is 6.08. The summed E-state index contributed by atoms with van der Waals surface area (Å²) in [5.41, 5.74) is 2.80. The van der Waals surface area contributed by atoms with Crippen molar-refractivity contribution >= 4 is 34.4 Å². The molecule has 0 saturated carbocycles. The van der Waals surface area contributed by atoms with Gasteiger partial charge in [0, 0.05) is 12.2 Å². The summed E-state index contributed by atoms with van der Waals surface area (Å²) in [6, 6.07) is 17.7. The number of hydrogen-bond donors (Lipinski definition) is 1. The van der Waals surface area contributed by atoms with Crippen LogP contribution < -0.4 is 5.32 Å². The van der Waals surface area contributed by atoms with Crippen LogP contribution >= 0.6 is 11.8 Å². The van der Waals surface area contributed by atoms with Crippen LogP contribution in [0, 0.1) is 0 Å². The van der Waals surface area contributed by atoms with E-state index in [2.05, 4.69) is 10.3 Å². The van der Waals surface area contributed by atoms with Crippen LogP contribution in [0.25, 0.3) is 11.0 Å². The van der Waals surface area contributed by atoms with Crippen molar-refractivity contribution < 1.29 is 4.79 Å². The molecule has 5 heteroatoms. The monoisotopic (exact) mass is 295 g/mol. The number of nitrogens with one attached hydrogen (secondary N) is 1. The Bertz CT molecular complexity index is 813. The van der Waals surface area contributed by atoms with Crippen LogP contribution in [0.4, 0.5) is 5.69 Å². The first-order valence-corrected chi connectivity index (χ1v) is 7.68. The smallest absolute Gasteiger partial charge is 0.248 e. The Morgan fingerprint density at radius 1 is 1.10 bits per heavy atom. The van der Waals surface area contributed by atoms with Crippen LogP contribution in [0.1, 0.15) is 4.79 Å². The van der Waals surface area contributed by atoms with Gasteiger partial charge in [-0.3, -0.25) is 9.36 Å². The van der Waals surface area contributed by atoms with Crippen LogP contribution in [-0.2, 0) is 0 Å². The van der Waals surface area contributed by atoms with Crippen LogP contribution in [0.5, 0.6) is 0 Å². The maximum Gasteiger partial charge on any atom is 0.248 e. The lowest BCUT2D eigenvalue weighted by atomic mass is 10.3. The molecule has 2 heterocycles. The first-order valence-electron chi connectivity index (χ1n) is 6.80. The van der Waals surface area contributed by atoms with E-state index in [0.29, 0.717) is 6.54 Å². The third kappa shape index (κ3) is 2.10. The van der Waals surface area contributed by atoms with Crippen LogP contribution in [-0.4, -0.2) is 27.3 Å². The number of nitrogens with zero attached hydrogens (tertiary/aromatic N) is 2. The zero-order chi connectivity index (χ0) is 14.2. The fourth-order valence-electron chi connectivity index (χ4n) is 2.51. The number of thioether (sulfide) groups is 1. The fourth-order valence-corrected chi connectivity index (χ4v) is 3.59. The van der Waals surface area contributed by atoms with Gasteiger partial charge in [-0.2, -0.15) is 0 Å². The fraction of sp³-hybridized carbons (Fsp3) is 0.125. The molecule has 0 saturated heterocycles. The van der Waals surface area contributed by atoms with Gasteiger partial charge in [0.15, 0.2) is 5.16 Å². The zero-order valence-corrected chi connectivity index (χ0v) is 12.0. The van der Waals surface area contributed by atoms with Gasteiger partial charge in [-0.1, -0.05) is 42.1 Å². The molecule has 1 aromatic heterocycles. The van der Waals surface area contributed by atoms with Crippen molar-refractivity contribution in [2.24, 2.45) is 0 Å². The Morgan fingerprint density at radius 3 is 2.71 bits per heavy atom. The van der Waals surface area contributed by atoms with E-state index in [0.717, 1.165) is 21.9 Å². The summed E-state index contributed by atoms with van der Waals surface area (Å²) in [5, 5.41) is 3.97. The van der Waals surface area contributed by atoms with Crippen molar-refractivity contribution in [1.82, 2.24) is 9.55 Å². The number of anilines is 1. The van der Waals surface area contributed by atoms with Crippen molar-refractivity contribution in [3.63, 3.8) is 0 Å². The largest absolute Gasteiger partial charge is 0.383 e. The minimum Gasteiger partial charge on any atom is -0.383 e. The highest BCUT2D eigenvalue weighted by atomic mass is 32.2. The van der Waals surface area contributed by atoms with E-state index in [9.17, 15) is 4.79 Å². The molecule has 104 valence electrons. The molecule has 0 radical (unpaired) electrons. The molecule has 1 unspecified atom stereocenters. The summed E-state index contributed by atoms with van der Waals surface area (Å²) < 4.78 is 1.73. The van der Waals surface area contributed by atoms with E-state index < -0.39 is 0 Å². The number of hydrogen-bond acceptors (Lipinski definition) is 4. The lowest BCUT2D eigenvalue weighted by molar-refractivity contribution is 0.0918. The molecule has 2 aromatic carbocycles. The topological polar surface area (TPSA) is 46.9 Å². The molecular weight excluding hydrogens is 282 g/mol.